The number of carbonyl (C=O) groups excluding carboxylic acids is 1. The van der Waals surface area contributed by atoms with Crippen molar-refractivity contribution < 1.29 is 19.7 Å². The van der Waals surface area contributed by atoms with Gasteiger partial charge in [-0.05, 0) is 31.9 Å². The molecule has 0 unspecified atom stereocenters. The second kappa shape index (κ2) is 3.81. The van der Waals surface area contributed by atoms with Crippen LogP contribution < -0.4 is 0 Å². The average molecular weight is 262 g/mol. The number of rotatable bonds is 0. The van der Waals surface area contributed by atoms with Crippen LogP contribution in [0, 0.1) is 11.8 Å². The Morgan fingerprint density at radius 3 is 2.84 bits per heavy atom. The SMILES string of the molecule is C=C1C(=O)O[C@@H]2C=C(C)[C@@]3(O)CC=C(C)[C@H]3[C@@H](O)[C@H]12. The maximum absolute atomic E-state index is 11.6. The van der Waals surface area contributed by atoms with Gasteiger partial charge >= 0.3 is 5.97 Å². The van der Waals surface area contributed by atoms with Crippen molar-refractivity contribution in [3.05, 3.63) is 35.5 Å². The van der Waals surface area contributed by atoms with E-state index < -0.39 is 35.6 Å². The highest BCUT2D eigenvalue weighted by Gasteiger charge is 2.55. The lowest BCUT2D eigenvalue weighted by atomic mass is 9.75. The normalized spacial score (nSPS) is 45.1. The van der Waals surface area contributed by atoms with Crippen LogP contribution in [-0.4, -0.2) is 34.0 Å². The van der Waals surface area contributed by atoms with Crippen LogP contribution in [0.5, 0.6) is 0 Å². The van der Waals surface area contributed by atoms with Gasteiger partial charge in [-0.25, -0.2) is 4.79 Å². The molecule has 4 nitrogen and oxygen atoms in total. The molecule has 0 aromatic heterocycles. The molecular weight excluding hydrogens is 244 g/mol. The molecule has 0 aromatic rings. The largest absolute Gasteiger partial charge is 0.454 e. The molecular formula is C15H18O4. The van der Waals surface area contributed by atoms with E-state index in [0.717, 1.165) is 11.1 Å². The smallest absolute Gasteiger partial charge is 0.334 e. The van der Waals surface area contributed by atoms with Crippen LogP contribution in [0.1, 0.15) is 20.3 Å². The van der Waals surface area contributed by atoms with Gasteiger partial charge in [-0.2, -0.15) is 0 Å². The number of esters is 1. The standard InChI is InChI=1S/C15H18O4/c1-7-4-5-15(18)8(2)6-10-11(13(16)12(7)15)9(3)14(17)19-10/h4,6,10-13,16,18H,3,5H2,1-2H3/t10-,11-,12+,13+,15+/m1/s1. The van der Waals surface area contributed by atoms with Crippen LogP contribution in [0.3, 0.4) is 0 Å². The number of aliphatic hydroxyl groups is 2. The molecule has 0 amide bonds. The molecule has 4 heteroatoms. The Labute approximate surface area is 112 Å². The van der Waals surface area contributed by atoms with Crippen molar-refractivity contribution in [2.45, 2.75) is 38.1 Å². The molecule has 2 N–H and O–H groups in total. The monoisotopic (exact) mass is 262 g/mol. The Bertz CT molecular complexity index is 530. The first-order chi connectivity index (χ1) is 8.86. The summed E-state index contributed by atoms with van der Waals surface area (Å²) in [5.41, 5.74) is 0.932. The molecule has 0 aromatic carbocycles. The van der Waals surface area contributed by atoms with Crippen molar-refractivity contribution in [1.82, 2.24) is 0 Å². The van der Waals surface area contributed by atoms with Crippen LogP contribution in [0.2, 0.25) is 0 Å². The molecule has 0 saturated carbocycles. The van der Waals surface area contributed by atoms with Crippen molar-refractivity contribution in [3.8, 4) is 0 Å². The first kappa shape index (κ1) is 12.6. The first-order valence-corrected chi connectivity index (χ1v) is 6.52. The molecule has 0 spiro atoms. The first-order valence-electron chi connectivity index (χ1n) is 6.52. The Kier molecular flexibility index (Phi) is 2.53. The van der Waals surface area contributed by atoms with Gasteiger partial charge in [-0.3, -0.25) is 0 Å². The minimum absolute atomic E-state index is 0.297. The fourth-order valence-corrected chi connectivity index (χ4v) is 3.65. The third-order valence-electron chi connectivity index (χ3n) is 4.81. The number of ether oxygens (including phenoxy) is 1. The minimum Gasteiger partial charge on any atom is -0.454 e. The summed E-state index contributed by atoms with van der Waals surface area (Å²) in [4.78, 5) is 11.6. The lowest BCUT2D eigenvalue weighted by molar-refractivity contribution is -0.137. The number of carbonyl (C=O) groups is 1. The van der Waals surface area contributed by atoms with E-state index in [2.05, 4.69) is 6.58 Å². The van der Waals surface area contributed by atoms with E-state index in [1.807, 2.05) is 19.9 Å². The van der Waals surface area contributed by atoms with Crippen molar-refractivity contribution in [3.63, 3.8) is 0 Å². The fraction of sp³-hybridized carbons (Fsp3) is 0.533. The minimum atomic E-state index is -1.07. The van der Waals surface area contributed by atoms with Crippen LogP contribution in [0.15, 0.2) is 35.5 Å². The zero-order valence-electron chi connectivity index (χ0n) is 11.1. The molecule has 0 radical (unpaired) electrons. The number of fused-ring (bicyclic) bond motifs is 2. The molecule has 1 fully saturated rings. The second-order valence-corrected chi connectivity index (χ2v) is 5.82. The van der Waals surface area contributed by atoms with Crippen molar-refractivity contribution >= 4 is 5.97 Å². The van der Waals surface area contributed by atoms with Gasteiger partial charge in [0.25, 0.3) is 0 Å². The van der Waals surface area contributed by atoms with Gasteiger partial charge in [0.2, 0.25) is 0 Å². The topological polar surface area (TPSA) is 66.8 Å². The van der Waals surface area contributed by atoms with E-state index in [1.165, 1.54) is 0 Å². The van der Waals surface area contributed by atoms with Crippen LogP contribution >= 0.6 is 0 Å². The number of aliphatic hydroxyl groups excluding tert-OH is 1. The third-order valence-corrected chi connectivity index (χ3v) is 4.81. The maximum Gasteiger partial charge on any atom is 0.334 e. The molecule has 3 aliphatic rings. The summed E-state index contributed by atoms with van der Waals surface area (Å²) < 4.78 is 5.24. The van der Waals surface area contributed by atoms with Crippen LogP contribution in [0.4, 0.5) is 0 Å². The summed E-state index contributed by atoms with van der Waals surface area (Å²) >= 11 is 0. The van der Waals surface area contributed by atoms with Gasteiger partial charge in [0, 0.05) is 11.5 Å². The van der Waals surface area contributed by atoms with E-state index >= 15 is 0 Å². The quantitative estimate of drug-likeness (QED) is 0.390. The Hall–Kier alpha value is -1.39. The average Bonchev–Trinajstić information content (AvgIpc) is 2.76. The summed E-state index contributed by atoms with van der Waals surface area (Å²) in [6, 6.07) is 0. The Morgan fingerprint density at radius 2 is 2.16 bits per heavy atom. The van der Waals surface area contributed by atoms with E-state index in [9.17, 15) is 15.0 Å². The highest BCUT2D eigenvalue weighted by molar-refractivity contribution is 5.91. The molecule has 102 valence electrons. The van der Waals surface area contributed by atoms with Crippen LogP contribution in [0.25, 0.3) is 0 Å². The highest BCUT2D eigenvalue weighted by atomic mass is 16.6. The van der Waals surface area contributed by atoms with Gasteiger partial charge in [-0.1, -0.05) is 18.2 Å². The molecule has 1 heterocycles. The summed E-state index contributed by atoms with van der Waals surface area (Å²) in [5.74, 6) is -1.32. The molecule has 1 saturated heterocycles. The van der Waals surface area contributed by atoms with Gasteiger partial charge in [-0.15, -0.1) is 0 Å². The summed E-state index contributed by atoms with van der Waals surface area (Å²) in [5, 5.41) is 21.5. The molecule has 0 bridgehead atoms. The van der Waals surface area contributed by atoms with Crippen molar-refractivity contribution in [1.29, 1.82) is 0 Å². The van der Waals surface area contributed by atoms with E-state index in [1.54, 1.807) is 6.08 Å². The van der Waals surface area contributed by atoms with E-state index in [0.29, 0.717) is 12.0 Å². The Balaban J connectivity index is 2.12. The van der Waals surface area contributed by atoms with Gasteiger partial charge in [0.05, 0.1) is 17.6 Å². The molecule has 1 aliphatic heterocycles. The van der Waals surface area contributed by atoms with Gasteiger partial charge < -0.3 is 14.9 Å². The number of hydrogen-bond donors (Lipinski definition) is 2. The Morgan fingerprint density at radius 1 is 1.47 bits per heavy atom. The predicted octanol–water partition coefficient (Wildman–Crippen LogP) is 1.10. The van der Waals surface area contributed by atoms with Gasteiger partial charge in [0.15, 0.2) is 0 Å². The summed E-state index contributed by atoms with van der Waals surface area (Å²) in [6.45, 7) is 7.46. The predicted molar refractivity (Wildman–Crippen MR) is 69.1 cm³/mol. The maximum atomic E-state index is 11.6. The van der Waals surface area contributed by atoms with E-state index in [4.69, 9.17) is 4.74 Å². The zero-order valence-corrected chi connectivity index (χ0v) is 11.1. The second-order valence-electron chi connectivity index (χ2n) is 5.82. The van der Waals surface area contributed by atoms with E-state index in [-0.39, 0.29) is 0 Å². The molecule has 5 atom stereocenters. The number of hydrogen-bond acceptors (Lipinski definition) is 4. The molecule has 19 heavy (non-hydrogen) atoms. The fourth-order valence-electron chi connectivity index (χ4n) is 3.65. The third kappa shape index (κ3) is 1.50. The summed E-state index contributed by atoms with van der Waals surface area (Å²) in [7, 11) is 0. The summed E-state index contributed by atoms with van der Waals surface area (Å²) in [6.07, 6.45) is 2.82. The van der Waals surface area contributed by atoms with Gasteiger partial charge in [0.1, 0.15) is 6.10 Å². The van der Waals surface area contributed by atoms with Crippen LogP contribution in [-0.2, 0) is 9.53 Å². The highest BCUT2D eigenvalue weighted by Crippen LogP contribution is 2.49. The zero-order chi connectivity index (χ0) is 13.9. The van der Waals surface area contributed by atoms with Crippen molar-refractivity contribution in [2.75, 3.05) is 0 Å². The lowest BCUT2D eigenvalue weighted by Gasteiger charge is -2.35. The lowest BCUT2D eigenvalue weighted by Crippen LogP contribution is -2.44. The molecule has 3 rings (SSSR count). The van der Waals surface area contributed by atoms with Crippen molar-refractivity contribution in [2.24, 2.45) is 11.8 Å². The molecule has 2 aliphatic carbocycles.